The van der Waals surface area contributed by atoms with Crippen LogP contribution in [0.25, 0.3) is 0 Å². The zero-order chi connectivity index (χ0) is 11.5. The van der Waals surface area contributed by atoms with Gasteiger partial charge in [-0.3, -0.25) is 0 Å². The van der Waals surface area contributed by atoms with Crippen molar-refractivity contribution in [3.63, 3.8) is 0 Å². The molecular weight excluding hydrogens is 418 g/mol. The van der Waals surface area contributed by atoms with Crippen molar-refractivity contribution in [2.45, 2.75) is 9.79 Å². The Morgan fingerprint density at radius 2 is 1.62 bits per heavy atom. The minimum atomic E-state index is 0.746. The smallest absolute Gasteiger partial charge is 0.0559 e. The van der Waals surface area contributed by atoms with Gasteiger partial charge in [-0.05, 0) is 81.0 Å². The molecule has 0 N–H and O–H groups in total. The SMILES string of the molecule is Clc1cc(Sc2ccc(I)cc2)ccc1Br. The monoisotopic (exact) mass is 424 g/mol. The van der Waals surface area contributed by atoms with Crippen LogP contribution in [0.2, 0.25) is 5.02 Å². The van der Waals surface area contributed by atoms with Gasteiger partial charge in [0.15, 0.2) is 0 Å². The van der Waals surface area contributed by atoms with Gasteiger partial charge in [0, 0.05) is 17.8 Å². The largest absolute Gasteiger partial charge is 0.0900 e. The topological polar surface area (TPSA) is 0 Å². The van der Waals surface area contributed by atoms with Crippen molar-refractivity contribution < 1.29 is 0 Å². The predicted octanol–water partition coefficient (Wildman–Crippen LogP) is 5.86. The maximum Gasteiger partial charge on any atom is 0.0559 e. The molecule has 2 aromatic carbocycles. The first-order valence-corrected chi connectivity index (χ1v) is 7.60. The number of rotatable bonds is 2. The Kier molecular flexibility index (Phi) is 4.58. The van der Waals surface area contributed by atoms with E-state index in [9.17, 15) is 0 Å². The van der Waals surface area contributed by atoms with Gasteiger partial charge in [-0.2, -0.15) is 0 Å². The minimum absolute atomic E-state index is 0.746. The molecule has 0 saturated carbocycles. The summed E-state index contributed by atoms with van der Waals surface area (Å²) in [4.78, 5) is 2.37. The van der Waals surface area contributed by atoms with Crippen molar-refractivity contribution in [3.05, 3.63) is 55.5 Å². The summed E-state index contributed by atoms with van der Waals surface area (Å²) in [6, 6.07) is 14.4. The summed E-state index contributed by atoms with van der Waals surface area (Å²) in [5.41, 5.74) is 0. The quantitative estimate of drug-likeness (QED) is 0.543. The van der Waals surface area contributed by atoms with E-state index in [-0.39, 0.29) is 0 Å². The van der Waals surface area contributed by atoms with Crippen LogP contribution in [-0.4, -0.2) is 0 Å². The van der Waals surface area contributed by atoms with Crippen molar-refractivity contribution in [3.8, 4) is 0 Å². The van der Waals surface area contributed by atoms with Crippen LogP contribution in [0.5, 0.6) is 0 Å². The lowest BCUT2D eigenvalue weighted by molar-refractivity contribution is 1.39. The Balaban J connectivity index is 2.20. The Bertz CT molecular complexity index is 499. The third-order valence-corrected chi connectivity index (χ3v) is 4.89. The number of hydrogen-bond donors (Lipinski definition) is 0. The van der Waals surface area contributed by atoms with Crippen LogP contribution in [0.1, 0.15) is 0 Å². The third kappa shape index (κ3) is 3.39. The van der Waals surface area contributed by atoms with Crippen molar-refractivity contribution in [1.29, 1.82) is 0 Å². The van der Waals surface area contributed by atoms with E-state index in [2.05, 4.69) is 68.9 Å². The third-order valence-electron chi connectivity index (χ3n) is 1.94. The molecule has 0 heterocycles. The number of benzene rings is 2. The second-order valence-corrected chi connectivity index (χ2v) is 6.79. The maximum atomic E-state index is 6.04. The van der Waals surface area contributed by atoms with Gasteiger partial charge < -0.3 is 0 Å². The summed E-state index contributed by atoms with van der Waals surface area (Å²) in [5, 5.41) is 0.746. The Hall–Kier alpha value is 0.290. The highest BCUT2D eigenvalue weighted by Crippen LogP contribution is 2.32. The van der Waals surface area contributed by atoms with Crippen molar-refractivity contribution >= 4 is 61.9 Å². The van der Waals surface area contributed by atoms with Gasteiger partial charge in [0.1, 0.15) is 0 Å². The van der Waals surface area contributed by atoms with Crippen LogP contribution in [0.4, 0.5) is 0 Å². The molecule has 0 spiro atoms. The second-order valence-electron chi connectivity index (χ2n) is 3.13. The van der Waals surface area contributed by atoms with Crippen LogP contribution in [-0.2, 0) is 0 Å². The first-order chi connectivity index (χ1) is 7.65. The predicted molar refractivity (Wildman–Crippen MR) is 82.4 cm³/mol. The van der Waals surface area contributed by atoms with E-state index in [0.717, 1.165) is 14.4 Å². The van der Waals surface area contributed by atoms with Crippen molar-refractivity contribution in [2.24, 2.45) is 0 Å². The molecule has 0 atom stereocenters. The van der Waals surface area contributed by atoms with E-state index in [1.54, 1.807) is 11.8 Å². The zero-order valence-electron chi connectivity index (χ0n) is 8.08. The number of halogens is 3. The van der Waals surface area contributed by atoms with E-state index >= 15 is 0 Å². The fourth-order valence-corrected chi connectivity index (χ4v) is 2.89. The van der Waals surface area contributed by atoms with Crippen molar-refractivity contribution in [1.82, 2.24) is 0 Å². The van der Waals surface area contributed by atoms with Crippen molar-refractivity contribution in [2.75, 3.05) is 0 Å². The van der Waals surface area contributed by atoms with E-state index < -0.39 is 0 Å². The fourth-order valence-electron chi connectivity index (χ4n) is 1.18. The van der Waals surface area contributed by atoms with Crippen LogP contribution >= 0.6 is 61.9 Å². The summed E-state index contributed by atoms with van der Waals surface area (Å²) in [7, 11) is 0. The molecule has 0 nitrogen and oxygen atoms in total. The van der Waals surface area contributed by atoms with Gasteiger partial charge in [0.2, 0.25) is 0 Å². The van der Waals surface area contributed by atoms with Gasteiger partial charge in [0.05, 0.1) is 5.02 Å². The minimum Gasteiger partial charge on any atom is -0.0900 e. The van der Waals surface area contributed by atoms with Gasteiger partial charge in [-0.25, -0.2) is 0 Å². The normalized spacial score (nSPS) is 10.4. The molecule has 0 saturated heterocycles. The average molecular weight is 426 g/mol. The highest BCUT2D eigenvalue weighted by molar-refractivity contribution is 14.1. The average Bonchev–Trinajstić information content (AvgIpc) is 2.27. The number of hydrogen-bond acceptors (Lipinski definition) is 1. The maximum absolute atomic E-state index is 6.04. The lowest BCUT2D eigenvalue weighted by Crippen LogP contribution is -1.76. The van der Waals surface area contributed by atoms with Gasteiger partial charge in [-0.15, -0.1) is 0 Å². The Labute approximate surface area is 126 Å². The molecule has 2 aromatic rings. The fraction of sp³-hybridized carbons (Fsp3) is 0. The Morgan fingerprint density at radius 1 is 1.00 bits per heavy atom. The van der Waals surface area contributed by atoms with Crippen LogP contribution < -0.4 is 0 Å². The van der Waals surface area contributed by atoms with E-state index in [1.165, 1.54) is 8.47 Å². The molecule has 0 bridgehead atoms. The van der Waals surface area contributed by atoms with E-state index in [1.807, 2.05) is 12.1 Å². The first kappa shape index (κ1) is 12.7. The summed E-state index contributed by atoms with van der Waals surface area (Å²) >= 11 is 13.4. The molecule has 0 aliphatic carbocycles. The van der Waals surface area contributed by atoms with Gasteiger partial charge in [-0.1, -0.05) is 23.4 Å². The zero-order valence-corrected chi connectivity index (χ0v) is 13.4. The molecule has 82 valence electrons. The molecule has 0 radical (unpaired) electrons. The lowest BCUT2D eigenvalue weighted by atomic mass is 10.4. The summed E-state index contributed by atoms with van der Waals surface area (Å²) in [6.45, 7) is 0. The molecule has 2 rings (SSSR count). The van der Waals surface area contributed by atoms with Gasteiger partial charge in [0.25, 0.3) is 0 Å². The molecule has 0 unspecified atom stereocenters. The molecule has 16 heavy (non-hydrogen) atoms. The molecule has 4 heteroatoms. The molecule has 0 aliphatic heterocycles. The first-order valence-electron chi connectivity index (χ1n) is 4.53. The molecule has 0 aromatic heterocycles. The summed E-state index contributed by atoms with van der Waals surface area (Å²) in [5.74, 6) is 0. The highest BCUT2D eigenvalue weighted by atomic mass is 127. The standard InChI is InChI=1S/C12H7BrClIS/c13-11-6-5-10(7-12(11)14)16-9-3-1-8(15)2-4-9/h1-7H. The van der Waals surface area contributed by atoms with Crippen LogP contribution in [0.15, 0.2) is 56.7 Å². The Morgan fingerprint density at radius 3 is 2.25 bits per heavy atom. The van der Waals surface area contributed by atoms with E-state index in [4.69, 9.17) is 11.6 Å². The molecule has 0 amide bonds. The highest BCUT2D eigenvalue weighted by Gasteiger charge is 2.01. The van der Waals surface area contributed by atoms with Crippen LogP contribution in [0.3, 0.4) is 0 Å². The van der Waals surface area contributed by atoms with Crippen LogP contribution in [0, 0.1) is 3.57 Å². The van der Waals surface area contributed by atoms with Gasteiger partial charge >= 0.3 is 0 Å². The molecule has 0 fully saturated rings. The second kappa shape index (κ2) is 5.76. The summed E-state index contributed by atoms with van der Waals surface area (Å²) < 4.78 is 2.18. The lowest BCUT2D eigenvalue weighted by Gasteiger charge is -2.03. The summed E-state index contributed by atoms with van der Waals surface area (Å²) in [6.07, 6.45) is 0. The van der Waals surface area contributed by atoms with E-state index in [0.29, 0.717) is 0 Å². The molecular formula is C12H7BrClIS. The molecule has 0 aliphatic rings.